The normalized spacial score (nSPS) is 26.7. The second-order valence-electron chi connectivity index (χ2n) is 4.69. The number of aliphatic hydroxyl groups excluding tert-OH is 2. The Kier molecular flexibility index (Phi) is 4.54. The maximum absolute atomic E-state index is 9.93. The van der Waals surface area contributed by atoms with E-state index >= 15 is 0 Å². The van der Waals surface area contributed by atoms with E-state index in [9.17, 15) is 10.2 Å². The molecule has 2 N–H and O–H groups in total. The fourth-order valence-corrected chi connectivity index (χ4v) is 2.21. The van der Waals surface area contributed by atoms with Crippen LogP contribution in [0.25, 0.3) is 0 Å². The lowest BCUT2D eigenvalue weighted by Crippen LogP contribution is -2.25. The van der Waals surface area contributed by atoms with Gasteiger partial charge in [0, 0.05) is 0 Å². The summed E-state index contributed by atoms with van der Waals surface area (Å²) in [5, 5.41) is 19.3. The Labute approximate surface area is 102 Å². The molecule has 0 aliphatic heterocycles. The quantitative estimate of drug-likeness (QED) is 0.841. The van der Waals surface area contributed by atoms with E-state index in [2.05, 4.69) is 0 Å². The van der Waals surface area contributed by atoms with Crippen molar-refractivity contribution in [1.29, 1.82) is 0 Å². The zero-order valence-corrected chi connectivity index (χ0v) is 9.96. The van der Waals surface area contributed by atoms with Crippen molar-refractivity contribution in [2.24, 2.45) is 0 Å². The lowest BCUT2D eigenvalue weighted by Gasteiger charge is -2.26. The molecule has 17 heavy (non-hydrogen) atoms. The van der Waals surface area contributed by atoms with Crippen LogP contribution in [0.15, 0.2) is 30.3 Å². The molecule has 0 amide bonds. The maximum atomic E-state index is 9.93. The van der Waals surface area contributed by atoms with Gasteiger partial charge >= 0.3 is 0 Å². The Bertz CT molecular complexity index is 317. The third-order valence-electron chi connectivity index (χ3n) is 3.32. The first kappa shape index (κ1) is 12.6. The monoisotopic (exact) mass is 236 g/mol. The predicted octanol–water partition coefficient (Wildman–Crippen LogP) is 2.04. The van der Waals surface area contributed by atoms with Gasteiger partial charge < -0.3 is 14.9 Å². The van der Waals surface area contributed by atoms with Gasteiger partial charge in [-0.15, -0.1) is 0 Å². The van der Waals surface area contributed by atoms with Crippen molar-refractivity contribution in [3.63, 3.8) is 0 Å². The summed E-state index contributed by atoms with van der Waals surface area (Å²) in [5.74, 6) is 0. The average Bonchev–Trinajstić information content (AvgIpc) is 2.39. The van der Waals surface area contributed by atoms with Crippen LogP contribution in [0.3, 0.4) is 0 Å². The van der Waals surface area contributed by atoms with Crippen molar-refractivity contribution in [2.45, 2.75) is 44.0 Å². The highest BCUT2D eigenvalue weighted by Gasteiger charge is 2.20. The molecule has 3 nitrogen and oxygen atoms in total. The lowest BCUT2D eigenvalue weighted by molar-refractivity contribution is -0.0406. The van der Waals surface area contributed by atoms with Crippen molar-refractivity contribution in [1.82, 2.24) is 0 Å². The highest BCUT2D eigenvalue weighted by molar-refractivity contribution is 5.17. The minimum Gasteiger partial charge on any atom is -0.393 e. The van der Waals surface area contributed by atoms with E-state index in [-0.39, 0.29) is 12.2 Å². The summed E-state index contributed by atoms with van der Waals surface area (Å²) in [6.45, 7) is 0.338. The third-order valence-corrected chi connectivity index (χ3v) is 3.32. The van der Waals surface area contributed by atoms with Gasteiger partial charge in [0.2, 0.25) is 0 Å². The van der Waals surface area contributed by atoms with Crippen LogP contribution in [0.2, 0.25) is 0 Å². The zero-order valence-electron chi connectivity index (χ0n) is 9.96. The Morgan fingerprint density at radius 1 is 1.12 bits per heavy atom. The van der Waals surface area contributed by atoms with E-state index in [1.54, 1.807) is 0 Å². The summed E-state index contributed by atoms with van der Waals surface area (Å²) in [6.07, 6.45) is 2.89. The molecule has 0 heterocycles. The minimum atomic E-state index is -0.553. The van der Waals surface area contributed by atoms with Crippen LogP contribution in [-0.4, -0.2) is 29.0 Å². The first-order valence-corrected chi connectivity index (χ1v) is 6.28. The van der Waals surface area contributed by atoms with Gasteiger partial charge in [-0.2, -0.15) is 0 Å². The van der Waals surface area contributed by atoms with Gasteiger partial charge in [-0.1, -0.05) is 30.3 Å². The van der Waals surface area contributed by atoms with E-state index in [1.165, 1.54) is 0 Å². The maximum Gasteiger partial charge on any atom is 0.102 e. The molecular formula is C14H20O3. The Morgan fingerprint density at radius 3 is 2.41 bits per heavy atom. The van der Waals surface area contributed by atoms with Crippen molar-refractivity contribution < 1.29 is 14.9 Å². The van der Waals surface area contributed by atoms with Gasteiger partial charge in [0.1, 0.15) is 6.10 Å². The Hall–Kier alpha value is -0.900. The van der Waals surface area contributed by atoms with Crippen LogP contribution in [-0.2, 0) is 4.74 Å². The molecular weight excluding hydrogens is 216 g/mol. The fraction of sp³-hybridized carbons (Fsp3) is 0.571. The molecule has 1 atom stereocenters. The van der Waals surface area contributed by atoms with Crippen LogP contribution in [0.4, 0.5) is 0 Å². The van der Waals surface area contributed by atoms with Gasteiger partial charge in [-0.05, 0) is 31.2 Å². The van der Waals surface area contributed by atoms with Gasteiger partial charge in [-0.25, -0.2) is 0 Å². The molecule has 94 valence electrons. The molecule has 2 rings (SSSR count). The van der Waals surface area contributed by atoms with Crippen LogP contribution >= 0.6 is 0 Å². The molecule has 1 aliphatic carbocycles. The predicted molar refractivity (Wildman–Crippen MR) is 65.6 cm³/mol. The van der Waals surface area contributed by atoms with E-state index in [0.29, 0.717) is 6.61 Å². The van der Waals surface area contributed by atoms with Gasteiger partial charge in [-0.3, -0.25) is 0 Å². The fourth-order valence-electron chi connectivity index (χ4n) is 2.21. The Balaban J connectivity index is 1.75. The van der Waals surface area contributed by atoms with E-state index in [0.717, 1.165) is 31.2 Å². The number of aliphatic hydroxyl groups is 2. The molecule has 1 aromatic carbocycles. The summed E-state index contributed by atoms with van der Waals surface area (Å²) in [7, 11) is 0. The van der Waals surface area contributed by atoms with Crippen molar-refractivity contribution in [3.8, 4) is 0 Å². The summed E-state index contributed by atoms with van der Waals surface area (Å²) in [4.78, 5) is 0. The first-order chi connectivity index (χ1) is 8.25. The number of hydrogen-bond acceptors (Lipinski definition) is 3. The first-order valence-electron chi connectivity index (χ1n) is 6.28. The second-order valence-corrected chi connectivity index (χ2v) is 4.69. The highest BCUT2D eigenvalue weighted by atomic mass is 16.5. The summed E-state index contributed by atoms with van der Waals surface area (Å²) < 4.78 is 5.69. The topological polar surface area (TPSA) is 49.7 Å². The third kappa shape index (κ3) is 3.80. The molecule has 0 aromatic heterocycles. The van der Waals surface area contributed by atoms with Crippen molar-refractivity contribution in [3.05, 3.63) is 35.9 Å². The van der Waals surface area contributed by atoms with Crippen LogP contribution < -0.4 is 0 Å². The number of ether oxygens (including phenoxy) is 1. The molecule has 0 bridgehead atoms. The minimum absolute atomic E-state index is 0.158. The average molecular weight is 236 g/mol. The van der Waals surface area contributed by atoms with Gasteiger partial charge in [0.25, 0.3) is 0 Å². The molecule has 0 saturated heterocycles. The molecule has 1 fully saturated rings. The standard InChI is InChI=1S/C14H20O3/c15-12-6-8-13(9-7-12)17-10-14(16)11-4-2-1-3-5-11/h1-5,12-16H,6-10H2. The lowest BCUT2D eigenvalue weighted by atomic mass is 9.95. The number of hydrogen-bond donors (Lipinski definition) is 2. The molecule has 0 radical (unpaired) electrons. The van der Waals surface area contributed by atoms with Crippen molar-refractivity contribution in [2.75, 3.05) is 6.61 Å². The highest BCUT2D eigenvalue weighted by Crippen LogP contribution is 2.22. The second kappa shape index (κ2) is 6.15. The zero-order chi connectivity index (χ0) is 12.1. The smallest absolute Gasteiger partial charge is 0.102 e. The van der Waals surface area contributed by atoms with Gasteiger partial charge in [0.15, 0.2) is 0 Å². The summed E-state index contributed by atoms with van der Waals surface area (Å²) in [5.41, 5.74) is 0.892. The molecule has 0 spiro atoms. The summed E-state index contributed by atoms with van der Waals surface area (Å²) >= 11 is 0. The largest absolute Gasteiger partial charge is 0.393 e. The van der Waals surface area contributed by atoms with Crippen LogP contribution in [0.5, 0.6) is 0 Å². The van der Waals surface area contributed by atoms with Crippen LogP contribution in [0, 0.1) is 0 Å². The molecule has 3 heteroatoms. The Morgan fingerprint density at radius 2 is 1.76 bits per heavy atom. The van der Waals surface area contributed by atoms with Crippen molar-refractivity contribution >= 4 is 0 Å². The van der Waals surface area contributed by atoms with E-state index < -0.39 is 6.10 Å². The molecule has 1 aromatic rings. The van der Waals surface area contributed by atoms with Crippen LogP contribution in [0.1, 0.15) is 37.4 Å². The van der Waals surface area contributed by atoms with Gasteiger partial charge in [0.05, 0.1) is 18.8 Å². The molecule has 1 saturated carbocycles. The number of rotatable bonds is 4. The molecule has 1 unspecified atom stereocenters. The molecule has 1 aliphatic rings. The SMILES string of the molecule is OC1CCC(OCC(O)c2ccccc2)CC1. The number of benzene rings is 1. The summed E-state index contributed by atoms with van der Waals surface area (Å²) in [6, 6.07) is 9.56. The van der Waals surface area contributed by atoms with E-state index in [1.807, 2.05) is 30.3 Å². The van der Waals surface area contributed by atoms with E-state index in [4.69, 9.17) is 4.74 Å².